The Labute approximate surface area is 119 Å². The van der Waals surface area contributed by atoms with Gasteiger partial charge in [-0.25, -0.2) is 4.98 Å². The maximum absolute atomic E-state index is 11.6. The molecule has 1 fully saturated rings. The quantitative estimate of drug-likeness (QED) is 0.771. The lowest BCUT2D eigenvalue weighted by Crippen LogP contribution is -2.39. The molecule has 20 heavy (non-hydrogen) atoms. The molecule has 2 heterocycles. The summed E-state index contributed by atoms with van der Waals surface area (Å²) >= 11 is 0. The fraction of sp³-hybridized carbons (Fsp3) is 0.600. The average Bonchev–Trinajstić information content (AvgIpc) is 2.92. The predicted octanol–water partition coefficient (Wildman–Crippen LogP) is 1.22. The topological polar surface area (TPSA) is 80.0 Å². The molecule has 0 aromatic carbocycles. The number of pyridine rings is 1. The first-order valence-electron chi connectivity index (χ1n) is 7.54. The van der Waals surface area contributed by atoms with Crippen LogP contribution in [0.15, 0.2) is 6.07 Å². The Hall–Kier alpha value is -1.62. The lowest BCUT2D eigenvalue weighted by Gasteiger charge is -2.24. The van der Waals surface area contributed by atoms with Gasteiger partial charge in [0, 0.05) is 18.3 Å². The van der Waals surface area contributed by atoms with Crippen LogP contribution in [0.4, 0.5) is 5.82 Å². The van der Waals surface area contributed by atoms with Crippen LogP contribution in [-0.2, 0) is 12.8 Å². The van der Waals surface area contributed by atoms with E-state index in [1.807, 2.05) is 6.07 Å². The minimum atomic E-state index is -0.397. The smallest absolute Gasteiger partial charge is 0.252 e. The van der Waals surface area contributed by atoms with Crippen LogP contribution in [0, 0.1) is 0 Å². The monoisotopic (exact) mass is 274 g/mol. The van der Waals surface area contributed by atoms with Crippen molar-refractivity contribution < 1.29 is 4.79 Å². The number of amides is 1. The van der Waals surface area contributed by atoms with E-state index in [9.17, 15) is 4.79 Å². The molecule has 1 aromatic heterocycles. The van der Waals surface area contributed by atoms with Crippen LogP contribution < -0.4 is 16.4 Å². The Morgan fingerprint density at radius 2 is 2.30 bits per heavy atom. The Balaban J connectivity index is 1.75. The van der Waals surface area contributed by atoms with Crippen LogP contribution >= 0.6 is 0 Å². The van der Waals surface area contributed by atoms with Gasteiger partial charge in [-0.1, -0.05) is 6.42 Å². The van der Waals surface area contributed by atoms with Gasteiger partial charge in [0.15, 0.2) is 0 Å². The molecule has 5 nitrogen and oxygen atoms in total. The fourth-order valence-electron chi connectivity index (χ4n) is 3.11. The molecule has 4 N–H and O–H groups in total. The molecule has 2 aliphatic rings. The summed E-state index contributed by atoms with van der Waals surface area (Å²) in [5.41, 5.74) is 8.31. The van der Waals surface area contributed by atoms with E-state index in [-0.39, 0.29) is 0 Å². The number of carbonyl (C=O) groups is 1. The fourth-order valence-corrected chi connectivity index (χ4v) is 3.11. The number of nitrogens with one attached hydrogen (secondary N) is 2. The molecule has 0 radical (unpaired) electrons. The number of fused-ring (bicyclic) bond motifs is 1. The van der Waals surface area contributed by atoms with Gasteiger partial charge >= 0.3 is 0 Å². The third-order valence-corrected chi connectivity index (χ3v) is 4.24. The standard InChI is InChI=1S/C15H22N4O/c16-14(20)12-8-10-4-3-6-13(10)19-15(12)18-9-11-5-1-2-7-17-11/h8,11,17H,1-7,9H2,(H2,16,20)(H,18,19). The molecule has 1 aliphatic heterocycles. The Morgan fingerprint density at radius 3 is 3.05 bits per heavy atom. The normalized spacial score (nSPS) is 21.5. The summed E-state index contributed by atoms with van der Waals surface area (Å²) in [5, 5.41) is 6.80. The summed E-state index contributed by atoms with van der Waals surface area (Å²) in [5.74, 6) is 0.261. The van der Waals surface area contributed by atoms with Gasteiger partial charge in [-0.2, -0.15) is 0 Å². The Bertz CT molecular complexity index is 509. The molecule has 0 spiro atoms. The minimum absolute atomic E-state index is 0.397. The number of anilines is 1. The van der Waals surface area contributed by atoms with E-state index in [0.29, 0.717) is 17.4 Å². The molecule has 1 aliphatic carbocycles. The van der Waals surface area contributed by atoms with Crippen molar-refractivity contribution in [3.05, 3.63) is 22.9 Å². The van der Waals surface area contributed by atoms with Gasteiger partial charge in [0.1, 0.15) is 5.82 Å². The van der Waals surface area contributed by atoms with E-state index in [4.69, 9.17) is 5.73 Å². The van der Waals surface area contributed by atoms with E-state index in [2.05, 4.69) is 15.6 Å². The van der Waals surface area contributed by atoms with Crippen LogP contribution in [0.25, 0.3) is 0 Å². The summed E-state index contributed by atoms with van der Waals surface area (Å²) in [6.45, 7) is 1.87. The highest BCUT2D eigenvalue weighted by atomic mass is 16.1. The number of carbonyl (C=O) groups excluding carboxylic acids is 1. The molecular formula is C15H22N4O. The number of aromatic nitrogens is 1. The van der Waals surface area contributed by atoms with Crippen molar-refractivity contribution in [1.82, 2.24) is 10.3 Å². The van der Waals surface area contributed by atoms with E-state index in [1.165, 1.54) is 24.8 Å². The Kier molecular flexibility index (Phi) is 3.87. The highest BCUT2D eigenvalue weighted by molar-refractivity contribution is 5.97. The number of piperidine rings is 1. The molecule has 3 rings (SSSR count). The lowest BCUT2D eigenvalue weighted by molar-refractivity contribution is 0.100. The molecule has 1 aromatic rings. The van der Waals surface area contributed by atoms with Gasteiger partial charge in [0.2, 0.25) is 0 Å². The third-order valence-electron chi connectivity index (χ3n) is 4.24. The van der Waals surface area contributed by atoms with E-state index >= 15 is 0 Å². The summed E-state index contributed by atoms with van der Waals surface area (Å²) in [7, 11) is 0. The molecule has 0 bridgehead atoms. The molecule has 5 heteroatoms. The number of hydrogen-bond donors (Lipinski definition) is 3. The summed E-state index contributed by atoms with van der Waals surface area (Å²) < 4.78 is 0. The van der Waals surface area contributed by atoms with Crippen LogP contribution in [0.3, 0.4) is 0 Å². The maximum atomic E-state index is 11.6. The number of rotatable bonds is 4. The third kappa shape index (κ3) is 2.77. The van der Waals surface area contributed by atoms with Gasteiger partial charge in [-0.05, 0) is 50.3 Å². The highest BCUT2D eigenvalue weighted by Crippen LogP contribution is 2.25. The first-order valence-corrected chi connectivity index (χ1v) is 7.54. The second-order valence-electron chi connectivity index (χ2n) is 5.74. The zero-order valence-electron chi connectivity index (χ0n) is 11.7. The molecule has 1 unspecified atom stereocenters. The van der Waals surface area contributed by atoms with E-state index in [0.717, 1.165) is 38.0 Å². The molecule has 1 atom stereocenters. The largest absolute Gasteiger partial charge is 0.368 e. The van der Waals surface area contributed by atoms with E-state index in [1.54, 1.807) is 0 Å². The summed E-state index contributed by atoms with van der Waals surface area (Å²) in [4.78, 5) is 16.2. The lowest BCUT2D eigenvalue weighted by atomic mass is 10.0. The second kappa shape index (κ2) is 5.79. The summed E-state index contributed by atoms with van der Waals surface area (Å²) in [6.07, 6.45) is 6.82. The first-order chi connectivity index (χ1) is 9.74. The van der Waals surface area contributed by atoms with Crippen molar-refractivity contribution in [1.29, 1.82) is 0 Å². The highest BCUT2D eigenvalue weighted by Gasteiger charge is 2.20. The van der Waals surface area contributed by atoms with Gasteiger partial charge in [0.25, 0.3) is 5.91 Å². The van der Waals surface area contributed by atoms with Gasteiger partial charge in [-0.3, -0.25) is 4.79 Å². The van der Waals surface area contributed by atoms with Crippen molar-refractivity contribution in [2.45, 2.75) is 44.6 Å². The zero-order valence-corrected chi connectivity index (χ0v) is 11.7. The molecule has 0 saturated carbocycles. The van der Waals surface area contributed by atoms with Gasteiger partial charge in [-0.15, -0.1) is 0 Å². The summed E-state index contributed by atoms with van der Waals surface area (Å²) in [6, 6.07) is 2.38. The molecular weight excluding hydrogens is 252 g/mol. The first kappa shape index (κ1) is 13.4. The van der Waals surface area contributed by atoms with Crippen LogP contribution in [0.1, 0.15) is 47.3 Å². The SMILES string of the molecule is NC(=O)c1cc2c(nc1NCC1CCCCN1)CCC2. The molecule has 1 amide bonds. The Morgan fingerprint density at radius 1 is 1.40 bits per heavy atom. The van der Waals surface area contributed by atoms with Gasteiger partial charge < -0.3 is 16.4 Å². The average molecular weight is 274 g/mol. The van der Waals surface area contributed by atoms with Crippen molar-refractivity contribution in [2.75, 3.05) is 18.4 Å². The number of hydrogen-bond acceptors (Lipinski definition) is 4. The van der Waals surface area contributed by atoms with Crippen LogP contribution in [0.5, 0.6) is 0 Å². The van der Waals surface area contributed by atoms with Crippen molar-refractivity contribution in [3.63, 3.8) is 0 Å². The van der Waals surface area contributed by atoms with E-state index < -0.39 is 5.91 Å². The number of nitrogens with two attached hydrogens (primary N) is 1. The zero-order chi connectivity index (χ0) is 13.9. The number of primary amides is 1. The maximum Gasteiger partial charge on any atom is 0.252 e. The minimum Gasteiger partial charge on any atom is -0.368 e. The van der Waals surface area contributed by atoms with Crippen molar-refractivity contribution >= 4 is 11.7 Å². The second-order valence-corrected chi connectivity index (χ2v) is 5.74. The molecule has 108 valence electrons. The predicted molar refractivity (Wildman–Crippen MR) is 78.9 cm³/mol. The number of nitrogens with zero attached hydrogens (tertiary/aromatic N) is 1. The van der Waals surface area contributed by atoms with Crippen molar-refractivity contribution in [3.8, 4) is 0 Å². The van der Waals surface area contributed by atoms with Crippen LogP contribution in [0.2, 0.25) is 0 Å². The molecule has 1 saturated heterocycles. The van der Waals surface area contributed by atoms with Crippen LogP contribution in [-0.4, -0.2) is 30.0 Å². The van der Waals surface area contributed by atoms with Crippen molar-refractivity contribution in [2.24, 2.45) is 5.73 Å². The van der Waals surface area contributed by atoms with Gasteiger partial charge in [0.05, 0.1) is 5.56 Å². The number of aryl methyl sites for hydroxylation is 2.